The molecule has 2 heterocycles. The smallest absolute Gasteiger partial charge is 0.268 e. The predicted octanol–water partition coefficient (Wildman–Crippen LogP) is 10.4. The minimum atomic E-state index is -0.618. The molecular weight excluding hydrogens is 845 g/mol. The first-order valence-electron chi connectivity index (χ1n) is 19.2. The van der Waals surface area contributed by atoms with Crippen molar-refractivity contribution in [2.24, 2.45) is 0 Å². The Labute approximate surface area is 374 Å². The van der Waals surface area contributed by atoms with E-state index in [0.717, 1.165) is 22.5 Å². The van der Waals surface area contributed by atoms with Gasteiger partial charge in [0.1, 0.15) is 23.3 Å². The Kier molecular flexibility index (Phi) is 13.6. The highest BCUT2D eigenvalue weighted by Crippen LogP contribution is 2.36. The normalized spacial score (nSPS) is 11.3. The molecule has 0 fully saturated rings. The zero-order valence-electron chi connectivity index (χ0n) is 33.4. The summed E-state index contributed by atoms with van der Waals surface area (Å²) >= 11 is 2.52. The number of aromatic hydroxyl groups is 4. The molecule has 0 bridgehead atoms. The van der Waals surface area contributed by atoms with Gasteiger partial charge in [0.2, 0.25) is 0 Å². The van der Waals surface area contributed by atoms with Crippen LogP contribution in [0.1, 0.15) is 22.3 Å². The number of nitrogens with zero attached hydrogens (tertiary/aromatic N) is 4. The van der Waals surface area contributed by atoms with Crippen LogP contribution in [0.15, 0.2) is 180 Å². The van der Waals surface area contributed by atoms with Crippen LogP contribution in [0, 0.1) is 22.7 Å². The van der Waals surface area contributed by atoms with E-state index >= 15 is 0 Å². The highest BCUT2D eigenvalue weighted by molar-refractivity contribution is 7.14. The second-order valence-electron chi connectivity index (χ2n) is 13.6. The monoisotopic (exact) mass is 878 g/mol. The summed E-state index contributed by atoms with van der Waals surface area (Å²) in [5.41, 5.74) is 5.75. The van der Waals surface area contributed by atoms with Crippen molar-refractivity contribution in [1.29, 1.82) is 10.5 Å². The predicted molar refractivity (Wildman–Crippen MR) is 248 cm³/mol. The van der Waals surface area contributed by atoms with Crippen molar-refractivity contribution in [3.63, 3.8) is 0 Å². The standard InChI is InChI=1S/2C25H17N3O3S/c2*26-14-19(24(31)28-25-27-20(15-32-25)16-7-3-1-4-8-16)23(17-9-5-2-6-10-17)18-11-12-21(29)22(30)13-18/h2*1-13,15,29-30H,(H,27,28,31)/b23-19+;23-19-. The van der Waals surface area contributed by atoms with Gasteiger partial charge in [-0.15, -0.1) is 22.7 Å². The maximum atomic E-state index is 13.1. The Balaban J connectivity index is 0.000000191. The molecule has 2 aromatic heterocycles. The van der Waals surface area contributed by atoms with E-state index in [4.69, 9.17) is 0 Å². The van der Waals surface area contributed by atoms with Crippen LogP contribution in [0.4, 0.5) is 10.3 Å². The zero-order valence-corrected chi connectivity index (χ0v) is 35.0. The number of anilines is 2. The number of aromatic nitrogens is 2. The number of carbonyl (C=O) groups excluding carboxylic acids is 2. The lowest BCUT2D eigenvalue weighted by atomic mass is 9.92. The Morgan fingerprint density at radius 2 is 0.797 bits per heavy atom. The van der Waals surface area contributed by atoms with Crippen LogP contribution in [0.25, 0.3) is 33.7 Å². The van der Waals surface area contributed by atoms with Gasteiger partial charge in [-0.3, -0.25) is 20.2 Å². The Hall–Kier alpha value is -8.82. The molecular formula is C50H34N6O6S2. The molecule has 312 valence electrons. The van der Waals surface area contributed by atoms with Crippen molar-refractivity contribution in [1.82, 2.24) is 9.97 Å². The van der Waals surface area contributed by atoms with E-state index in [2.05, 4.69) is 20.6 Å². The van der Waals surface area contributed by atoms with Crippen LogP contribution in [0.3, 0.4) is 0 Å². The van der Waals surface area contributed by atoms with Crippen molar-refractivity contribution in [2.45, 2.75) is 0 Å². The number of hydrogen-bond donors (Lipinski definition) is 6. The lowest BCUT2D eigenvalue weighted by Gasteiger charge is -2.12. The third-order valence-electron chi connectivity index (χ3n) is 9.42. The van der Waals surface area contributed by atoms with Crippen molar-refractivity contribution in [3.05, 3.63) is 202 Å². The maximum Gasteiger partial charge on any atom is 0.268 e. The number of nitriles is 2. The summed E-state index contributed by atoms with van der Waals surface area (Å²) in [5.74, 6) is -2.51. The van der Waals surface area contributed by atoms with Crippen molar-refractivity contribution in [2.75, 3.05) is 10.6 Å². The Morgan fingerprint density at radius 1 is 0.453 bits per heavy atom. The molecule has 8 aromatic rings. The number of phenols is 4. The number of carbonyl (C=O) groups is 2. The topological polar surface area (TPSA) is 212 Å². The average molecular weight is 879 g/mol. The van der Waals surface area contributed by atoms with Gasteiger partial charge in [-0.25, -0.2) is 9.97 Å². The summed E-state index contributed by atoms with van der Waals surface area (Å²) < 4.78 is 0. The highest BCUT2D eigenvalue weighted by Gasteiger charge is 2.23. The minimum absolute atomic E-state index is 0.141. The van der Waals surface area contributed by atoms with E-state index in [1.807, 2.05) is 95.7 Å². The third kappa shape index (κ3) is 10.2. The van der Waals surface area contributed by atoms with Gasteiger partial charge >= 0.3 is 0 Å². The zero-order chi connectivity index (χ0) is 45.0. The maximum absolute atomic E-state index is 13.1. The van der Waals surface area contributed by atoms with E-state index in [9.17, 15) is 40.5 Å². The molecule has 0 unspecified atom stereocenters. The number of benzene rings is 6. The van der Waals surface area contributed by atoms with E-state index < -0.39 is 11.8 Å². The van der Waals surface area contributed by atoms with E-state index in [1.165, 1.54) is 46.9 Å². The second-order valence-corrected chi connectivity index (χ2v) is 15.3. The van der Waals surface area contributed by atoms with Gasteiger partial charge in [-0.2, -0.15) is 10.5 Å². The van der Waals surface area contributed by atoms with Gasteiger partial charge in [0.25, 0.3) is 11.8 Å². The molecule has 8 rings (SSSR count). The minimum Gasteiger partial charge on any atom is -0.504 e. The largest absolute Gasteiger partial charge is 0.504 e. The van der Waals surface area contributed by atoms with Crippen LogP contribution < -0.4 is 10.6 Å². The molecule has 14 heteroatoms. The fourth-order valence-corrected chi connectivity index (χ4v) is 7.81. The summed E-state index contributed by atoms with van der Waals surface area (Å²) in [7, 11) is 0. The van der Waals surface area contributed by atoms with Crippen molar-refractivity contribution < 1.29 is 30.0 Å². The number of nitrogens with one attached hydrogen (secondary N) is 2. The average Bonchev–Trinajstić information content (AvgIpc) is 4.00. The van der Waals surface area contributed by atoms with Gasteiger partial charge < -0.3 is 20.4 Å². The summed E-state index contributed by atoms with van der Waals surface area (Å²) in [6.07, 6.45) is 0. The molecule has 6 N–H and O–H groups in total. The number of phenolic OH excluding ortho intramolecular Hbond substituents is 4. The first kappa shape index (κ1) is 43.3. The van der Waals surface area contributed by atoms with Gasteiger partial charge in [-0.05, 0) is 46.5 Å². The van der Waals surface area contributed by atoms with Crippen LogP contribution in [-0.4, -0.2) is 42.2 Å². The SMILES string of the molecule is N#C/C(C(=O)Nc1nc(-c2ccccc2)cs1)=C(/c1ccccc1)c1ccc(O)c(O)c1.N#C/C(C(=O)Nc1nc(-c2ccccc2)cs1)=C(\c1ccccc1)c1ccc(O)c(O)c1. The molecule has 2 amide bonds. The molecule has 0 aliphatic heterocycles. The van der Waals surface area contributed by atoms with Gasteiger partial charge in [-0.1, -0.05) is 133 Å². The number of rotatable bonds is 10. The van der Waals surface area contributed by atoms with Crippen LogP contribution >= 0.6 is 22.7 Å². The first-order valence-corrected chi connectivity index (χ1v) is 21.0. The molecule has 0 saturated heterocycles. The fourth-order valence-electron chi connectivity index (χ4n) is 6.38. The molecule has 0 aliphatic carbocycles. The first-order chi connectivity index (χ1) is 31.1. The summed E-state index contributed by atoms with van der Waals surface area (Å²) in [5, 5.41) is 68.8. The quantitative estimate of drug-likeness (QED) is 0.0434. The van der Waals surface area contributed by atoms with E-state index in [-0.39, 0.29) is 34.1 Å². The van der Waals surface area contributed by atoms with Gasteiger partial charge in [0, 0.05) is 33.0 Å². The lowest BCUT2D eigenvalue weighted by Crippen LogP contribution is -2.15. The molecule has 0 aliphatic rings. The molecule has 0 spiro atoms. The summed E-state index contributed by atoms with van der Waals surface area (Å²) in [4.78, 5) is 35.1. The van der Waals surface area contributed by atoms with Crippen LogP contribution in [0.5, 0.6) is 23.0 Å². The number of thiazole rings is 2. The molecule has 6 aromatic carbocycles. The fraction of sp³-hybridized carbons (Fsp3) is 0. The molecule has 0 atom stereocenters. The van der Waals surface area contributed by atoms with E-state index in [0.29, 0.717) is 43.7 Å². The van der Waals surface area contributed by atoms with Gasteiger partial charge in [0.15, 0.2) is 33.3 Å². The highest BCUT2D eigenvalue weighted by atomic mass is 32.1. The Morgan fingerprint density at radius 3 is 1.12 bits per heavy atom. The Bertz CT molecular complexity index is 2890. The van der Waals surface area contributed by atoms with Crippen LogP contribution in [0.2, 0.25) is 0 Å². The number of amides is 2. The van der Waals surface area contributed by atoms with Crippen molar-refractivity contribution >= 4 is 55.9 Å². The van der Waals surface area contributed by atoms with Crippen molar-refractivity contribution in [3.8, 4) is 57.7 Å². The molecule has 12 nitrogen and oxygen atoms in total. The molecule has 0 saturated carbocycles. The molecule has 0 radical (unpaired) electrons. The lowest BCUT2D eigenvalue weighted by molar-refractivity contribution is -0.113. The summed E-state index contributed by atoms with van der Waals surface area (Å²) in [6.45, 7) is 0. The molecule has 64 heavy (non-hydrogen) atoms. The van der Waals surface area contributed by atoms with E-state index in [1.54, 1.807) is 60.7 Å². The summed E-state index contributed by atoms with van der Waals surface area (Å²) in [6, 6.07) is 49.3. The van der Waals surface area contributed by atoms with Crippen LogP contribution in [-0.2, 0) is 9.59 Å². The number of hydrogen-bond acceptors (Lipinski definition) is 12. The second kappa shape index (κ2) is 20.2. The van der Waals surface area contributed by atoms with Gasteiger partial charge in [0.05, 0.1) is 11.4 Å². The third-order valence-corrected chi connectivity index (χ3v) is 10.9.